The maximum absolute atomic E-state index is 2.49. The van der Waals surface area contributed by atoms with Crippen LogP contribution in [0.3, 0.4) is 0 Å². The van der Waals surface area contributed by atoms with E-state index in [0.717, 1.165) is 12.3 Å². The number of likely N-dealkylation sites (tertiary alicyclic amines) is 2. The lowest BCUT2D eigenvalue weighted by Gasteiger charge is -2.33. The van der Waals surface area contributed by atoms with Crippen molar-refractivity contribution in [1.82, 2.24) is 9.80 Å². The lowest BCUT2D eigenvalue weighted by atomic mass is 9.91. The van der Waals surface area contributed by atoms with E-state index in [1.165, 1.54) is 62.9 Å². The number of benzene rings is 1. The molecule has 1 aromatic rings. The maximum atomic E-state index is 2.49. The van der Waals surface area contributed by atoms with Crippen LogP contribution < -0.4 is 0 Å². The zero-order valence-corrected chi connectivity index (χ0v) is 22.0. The Bertz CT molecular complexity index is 576. The van der Waals surface area contributed by atoms with E-state index in [9.17, 15) is 0 Å². The Balaban J connectivity index is 0.000000501. The van der Waals surface area contributed by atoms with Gasteiger partial charge in [0.05, 0.1) is 0 Å². The van der Waals surface area contributed by atoms with E-state index in [4.69, 9.17) is 0 Å². The second-order valence-electron chi connectivity index (χ2n) is 8.12. The van der Waals surface area contributed by atoms with Crippen LogP contribution in [-0.4, -0.2) is 49.6 Å². The van der Waals surface area contributed by atoms with Gasteiger partial charge in [-0.3, -0.25) is 4.90 Å². The van der Waals surface area contributed by atoms with Gasteiger partial charge in [0, 0.05) is 12.6 Å². The van der Waals surface area contributed by atoms with Crippen LogP contribution >= 0.6 is 0 Å². The predicted molar refractivity (Wildman–Crippen MR) is 142 cm³/mol. The lowest BCUT2D eigenvalue weighted by Crippen LogP contribution is -2.37. The summed E-state index contributed by atoms with van der Waals surface area (Å²) < 4.78 is 0. The first kappa shape index (κ1) is 29.6. The Morgan fingerprint density at radius 1 is 0.935 bits per heavy atom. The average molecular weight is 429 g/mol. The Morgan fingerprint density at radius 2 is 1.61 bits per heavy atom. The molecule has 0 aromatic heterocycles. The van der Waals surface area contributed by atoms with Crippen LogP contribution in [0, 0.1) is 0 Å². The van der Waals surface area contributed by atoms with Gasteiger partial charge in [0.25, 0.3) is 0 Å². The highest BCUT2D eigenvalue weighted by molar-refractivity contribution is 5.25. The fourth-order valence-electron chi connectivity index (χ4n) is 4.40. The third-order valence-electron chi connectivity index (χ3n) is 5.85. The Morgan fingerprint density at radius 3 is 2.16 bits per heavy atom. The number of piperidine rings is 2. The van der Waals surface area contributed by atoms with Crippen LogP contribution in [0.5, 0.6) is 0 Å². The summed E-state index contributed by atoms with van der Waals surface area (Å²) in [4.78, 5) is 4.92. The maximum Gasteiger partial charge on any atom is 0.0341 e. The number of hydrogen-bond donors (Lipinski definition) is 0. The van der Waals surface area contributed by atoms with Crippen molar-refractivity contribution in [3.63, 3.8) is 0 Å². The van der Waals surface area contributed by atoms with Gasteiger partial charge in [-0.2, -0.15) is 0 Å². The molecule has 0 spiro atoms. The average Bonchev–Trinajstić information content (AvgIpc) is 2.83. The molecule has 1 aromatic carbocycles. The molecule has 2 heterocycles. The van der Waals surface area contributed by atoms with Crippen molar-refractivity contribution in [3.8, 4) is 0 Å². The molecule has 2 heteroatoms. The first-order valence-corrected chi connectivity index (χ1v) is 12.9. The van der Waals surface area contributed by atoms with Gasteiger partial charge < -0.3 is 4.90 Å². The van der Waals surface area contributed by atoms with Crippen LogP contribution in [0.4, 0.5) is 0 Å². The van der Waals surface area contributed by atoms with Gasteiger partial charge in [-0.15, -0.1) is 0 Å². The molecule has 0 radical (unpaired) electrons. The molecule has 0 N–H and O–H groups in total. The second-order valence-corrected chi connectivity index (χ2v) is 8.12. The van der Waals surface area contributed by atoms with E-state index < -0.39 is 0 Å². The summed E-state index contributed by atoms with van der Waals surface area (Å²) in [6.07, 6.45) is 14.7. The molecule has 2 aliphatic rings. The summed E-state index contributed by atoms with van der Waals surface area (Å²) in [6, 6.07) is 11.6. The number of hydrogen-bond acceptors (Lipinski definition) is 2. The largest absolute Gasteiger partial charge is 0.306 e. The van der Waals surface area contributed by atoms with Gasteiger partial charge in [-0.1, -0.05) is 89.6 Å². The quantitative estimate of drug-likeness (QED) is 0.449. The minimum absolute atomic E-state index is 0.667. The van der Waals surface area contributed by atoms with Crippen molar-refractivity contribution < 1.29 is 0 Å². The Hall–Kier alpha value is -1.38. The summed E-state index contributed by atoms with van der Waals surface area (Å²) in [7, 11) is 4.46. The third-order valence-corrected chi connectivity index (χ3v) is 5.85. The van der Waals surface area contributed by atoms with Gasteiger partial charge in [-0.05, 0) is 83.3 Å². The predicted octanol–water partition coefficient (Wildman–Crippen LogP) is 7.93. The number of nitrogens with zero attached hydrogens (tertiary/aromatic N) is 2. The van der Waals surface area contributed by atoms with Crippen molar-refractivity contribution in [2.75, 3.05) is 33.7 Å². The van der Waals surface area contributed by atoms with E-state index in [-0.39, 0.29) is 0 Å². The molecular formula is C29H52N2. The summed E-state index contributed by atoms with van der Waals surface area (Å²) in [5.41, 5.74) is 3.02. The highest BCUT2D eigenvalue weighted by Gasteiger charge is 2.20. The minimum atomic E-state index is 0.667. The molecule has 2 fully saturated rings. The van der Waals surface area contributed by atoms with E-state index >= 15 is 0 Å². The molecule has 0 bridgehead atoms. The Kier molecular flexibility index (Phi) is 18.5. The van der Waals surface area contributed by atoms with E-state index in [1.807, 2.05) is 27.7 Å². The van der Waals surface area contributed by atoms with Crippen molar-refractivity contribution in [3.05, 3.63) is 59.7 Å². The monoisotopic (exact) mass is 428 g/mol. The number of rotatable bonds is 4. The summed E-state index contributed by atoms with van der Waals surface area (Å²) in [5, 5.41) is 0. The highest BCUT2D eigenvalue weighted by Crippen LogP contribution is 2.25. The molecule has 2 saturated heterocycles. The molecule has 0 amide bonds. The van der Waals surface area contributed by atoms with Crippen LogP contribution in [0.2, 0.25) is 0 Å². The lowest BCUT2D eigenvalue weighted by molar-refractivity contribution is 0.215. The van der Waals surface area contributed by atoms with Gasteiger partial charge in [0.2, 0.25) is 0 Å². The number of allylic oxidation sites excluding steroid dienone is 2. The normalized spacial score (nSPS) is 22.4. The van der Waals surface area contributed by atoms with Crippen LogP contribution in [0.25, 0.3) is 0 Å². The van der Waals surface area contributed by atoms with Gasteiger partial charge >= 0.3 is 0 Å². The summed E-state index contributed by atoms with van der Waals surface area (Å²) in [5.74, 6) is 0.764. The van der Waals surface area contributed by atoms with Gasteiger partial charge in [0.1, 0.15) is 0 Å². The first-order chi connectivity index (χ1) is 15.2. The summed E-state index contributed by atoms with van der Waals surface area (Å²) in [6.45, 7) is 16.1. The molecule has 2 aliphatic heterocycles. The topological polar surface area (TPSA) is 6.48 Å². The van der Waals surface area contributed by atoms with Gasteiger partial charge in [-0.25, -0.2) is 0 Å². The van der Waals surface area contributed by atoms with Crippen LogP contribution in [-0.2, 0) is 0 Å². The van der Waals surface area contributed by atoms with Crippen molar-refractivity contribution in [1.29, 1.82) is 0 Å². The third kappa shape index (κ3) is 11.7. The van der Waals surface area contributed by atoms with Crippen molar-refractivity contribution in [2.24, 2.45) is 0 Å². The molecule has 2 nitrogen and oxygen atoms in total. The zero-order chi connectivity index (χ0) is 23.5. The minimum Gasteiger partial charge on any atom is -0.306 e. The first-order valence-electron chi connectivity index (χ1n) is 12.9. The number of likely N-dealkylation sites (N-methyl/N-ethyl adjacent to an activating group) is 2. The Labute approximate surface area is 195 Å². The van der Waals surface area contributed by atoms with E-state index in [0.29, 0.717) is 6.04 Å². The van der Waals surface area contributed by atoms with Crippen molar-refractivity contribution >= 4 is 0 Å². The fourth-order valence-corrected chi connectivity index (χ4v) is 4.40. The fraction of sp³-hybridized carbons (Fsp3) is 0.655. The van der Waals surface area contributed by atoms with Crippen molar-refractivity contribution in [2.45, 2.75) is 92.0 Å². The molecule has 2 atom stereocenters. The molecular weight excluding hydrogens is 376 g/mol. The second kappa shape index (κ2) is 19.3. The molecule has 2 unspecified atom stereocenters. The highest BCUT2D eigenvalue weighted by atomic mass is 15.1. The van der Waals surface area contributed by atoms with E-state index in [1.54, 1.807) is 0 Å². The molecule has 0 saturated carbocycles. The molecule has 31 heavy (non-hydrogen) atoms. The smallest absolute Gasteiger partial charge is 0.0341 e. The SMILES string of the molecule is C/C=C\C(=C/CC)C1CCCCN1C.CC.CC.CN1CCCC(c2ccccc2)C1. The van der Waals surface area contributed by atoms with Crippen LogP contribution in [0.15, 0.2) is 54.1 Å². The van der Waals surface area contributed by atoms with E-state index in [2.05, 4.69) is 86.3 Å². The molecule has 178 valence electrons. The van der Waals surface area contributed by atoms with Crippen LogP contribution in [0.1, 0.15) is 91.5 Å². The zero-order valence-electron chi connectivity index (χ0n) is 22.0. The summed E-state index contributed by atoms with van der Waals surface area (Å²) >= 11 is 0. The van der Waals surface area contributed by atoms with Gasteiger partial charge in [0.15, 0.2) is 0 Å². The molecule has 0 aliphatic carbocycles. The standard InChI is InChI=1S/C13H23N.C12H17N.2C2H6/c1-4-8-12(9-5-2)13-10-6-7-11-14(13)3;1-13-9-5-8-12(10-13)11-6-3-2-4-7-11;2*1-2/h4,8-9,13H,5-7,10-11H2,1-3H3;2-4,6-7,12H,5,8-10H2,1H3;2*1-2H3/b8-4-,12-9+;;;. The molecule has 3 rings (SSSR count).